The third kappa shape index (κ3) is 1.23. The maximum Gasteiger partial charge on any atom is 0.256 e. The van der Waals surface area contributed by atoms with Crippen molar-refractivity contribution in [1.82, 2.24) is 25.4 Å². The van der Waals surface area contributed by atoms with Gasteiger partial charge in [-0.3, -0.25) is 10.1 Å². The van der Waals surface area contributed by atoms with Gasteiger partial charge in [0.2, 0.25) is 0 Å². The maximum atomic E-state index is 3.92. The van der Waals surface area contributed by atoms with Gasteiger partial charge in [-0.05, 0) is 6.07 Å². The van der Waals surface area contributed by atoms with Gasteiger partial charge < -0.3 is 0 Å². The summed E-state index contributed by atoms with van der Waals surface area (Å²) in [5.74, 6) is 1.83. The van der Waals surface area contributed by atoms with Crippen LogP contribution in [0.5, 0.6) is 0 Å². The molecule has 3 aromatic heterocycles. The molecule has 6 nitrogen and oxygen atoms in total. The SMILES string of the molecule is c1cc(-c2[nH]cc[n+]2-c2ccn[nH]2)[nH]n1. The van der Waals surface area contributed by atoms with Crippen LogP contribution in [0.3, 0.4) is 0 Å². The molecule has 0 aliphatic rings. The summed E-state index contributed by atoms with van der Waals surface area (Å²) in [6, 6.07) is 3.80. The van der Waals surface area contributed by atoms with Gasteiger partial charge in [0.15, 0.2) is 0 Å². The van der Waals surface area contributed by atoms with Crippen LogP contribution in [0.4, 0.5) is 0 Å². The summed E-state index contributed by atoms with van der Waals surface area (Å²) in [4.78, 5) is 3.14. The van der Waals surface area contributed by atoms with E-state index in [0.29, 0.717) is 0 Å². The Morgan fingerprint density at radius 3 is 2.67 bits per heavy atom. The van der Waals surface area contributed by atoms with Crippen molar-refractivity contribution in [3.05, 3.63) is 36.9 Å². The van der Waals surface area contributed by atoms with Gasteiger partial charge >= 0.3 is 0 Å². The van der Waals surface area contributed by atoms with Gasteiger partial charge in [-0.25, -0.2) is 0 Å². The Kier molecular flexibility index (Phi) is 1.64. The standard InChI is InChI=1S/C9H8N6/c1-3-11-13-7(1)9-10-5-6-15(9)8-2-4-12-14-8/h1-6H,(H2,10,11,12,13,14)/p+1. The van der Waals surface area contributed by atoms with Gasteiger partial charge in [-0.2, -0.15) is 14.8 Å². The lowest BCUT2D eigenvalue weighted by atomic mass is 10.4. The summed E-state index contributed by atoms with van der Waals surface area (Å²) in [6.07, 6.45) is 7.21. The van der Waals surface area contributed by atoms with Crippen molar-refractivity contribution in [2.24, 2.45) is 0 Å². The molecule has 0 saturated heterocycles. The summed E-state index contributed by atoms with van der Waals surface area (Å²) >= 11 is 0. The molecule has 3 N–H and O–H groups in total. The molecule has 0 bridgehead atoms. The van der Waals surface area contributed by atoms with E-state index >= 15 is 0 Å². The molecule has 3 rings (SSSR count). The van der Waals surface area contributed by atoms with Crippen LogP contribution in [-0.2, 0) is 0 Å². The van der Waals surface area contributed by atoms with Crippen molar-refractivity contribution in [1.29, 1.82) is 0 Å². The summed E-state index contributed by atoms with van der Waals surface area (Å²) in [5.41, 5.74) is 0.926. The Labute approximate surface area is 85.0 Å². The normalized spacial score (nSPS) is 10.7. The molecule has 0 aromatic carbocycles. The van der Waals surface area contributed by atoms with Crippen LogP contribution >= 0.6 is 0 Å². The van der Waals surface area contributed by atoms with Crippen LogP contribution in [0.15, 0.2) is 36.9 Å². The zero-order chi connectivity index (χ0) is 10.1. The number of H-pyrrole nitrogens is 3. The van der Waals surface area contributed by atoms with Crippen LogP contribution in [0.25, 0.3) is 17.3 Å². The lowest BCUT2D eigenvalue weighted by Crippen LogP contribution is -2.31. The molecule has 74 valence electrons. The Hall–Kier alpha value is -2.37. The summed E-state index contributed by atoms with van der Waals surface area (Å²) in [7, 11) is 0. The fraction of sp³-hybridized carbons (Fsp3) is 0. The number of hydrogen-bond acceptors (Lipinski definition) is 2. The van der Waals surface area contributed by atoms with E-state index in [1.165, 1.54) is 0 Å². The first-order valence-electron chi connectivity index (χ1n) is 4.54. The lowest BCUT2D eigenvalue weighted by Gasteiger charge is -1.94. The molecule has 0 aliphatic heterocycles. The number of rotatable bonds is 2. The van der Waals surface area contributed by atoms with Crippen LogP contribution in [-0.4, -0.2) is 25.4 Å². The van der Waals surface area contributed by atoms with E-state index in [9.17, 15) is 0 Å². The average Bonchev–Trinajstić information content (AvgIpc) is 3.01. The maximum absolute atomic E-state index is 3.92. The summed E-state index contributed by atoms with van der Waals surface area (Å²) in [6.45, 7) is 0. The third-order valence-corrected chi connectivity index (χ3v) is 2.19. The monoisotopic (exact) mass is 201 g/mol. The second-order valence-electron chi connectivity index (χ2n) is 3.09. The molecule has 0 spiro atoms. The van der Waals surface area contributed by atoms with Crippen molar-refractivity contribution in [2.75, 3.05) is 0 Å². The number of aromatic amines is 3. The van der Waals surface area contributed by atoms with Crippen LogP contribution in [0.2, 0.25) is 0 Å². The Bertz CT molecular complexity index is 484. The zero-order valence-corrected chi connectivity index (χ0v) is 7.81. The van der Waals surface area contributed by atoms with Crippen molar-refractivity contribution < 1.29 is 4.57 Å². The second-order valence-corrected chi connectivity index (χ2v) is 3.09. The average molecular weight is 201 g/mol. The Morgan fingerprint density at radius 1 is 1.07 bits per heavy atom. The molecule has 6 heteroatoms. The lowest BCUT2D eigenvalue weighted by molar-refractivity contribution is -0.586. The van der Waals surface area contributed by atoms with E-state index in [2.05, 4.69) is 25.4 Å². The highest BCUT2D eigenvalue weighted by Crippen LogP contribution is 2.09. The van der Waals surface area contributed by atoms with Crippen molar-refractivity contribution in [2.45, 2.75) is 0 Å². The van der Waals surface area contributed by atoms with Crippen molar-refractivity contribution in [3.8, 4) is 17.3 Å². The molecule has 0 aliphatic carbocycles. The summed E-state index contributed by atoms with van der Waals surface area (Å²) in [5, 5.41) is 13.6. The topological polar surface area (TPSA) is 77.0 Å². The first-order chi connectivity index (χ1) is 7.45. The molecule has 0 fully saturated rings. The molecule has 3 heterocycles. The van der Waals surface area contributed by atoms with Gasteiger partial charge in [0.05, 0.1) is 12.4 Å². The fourth-order valence-corrected chi connectivity index (χ4v) is 1.51. The molecule has 0 amide bonds. The van der Waals surface area contributed by atoms with Gasteiger partial charge in [0, 0.05) is 12.3 Å². The first kappa shape index (κ1) is 7.98. The summed E-state index contributed by atoms with van der Waals surface area (Å²) < 4.78 is 1.96. The van der Waals surface area contributed by atoms with E-state index in [4.69, 9.17) is 0 Å². The molecule has 3 aromatic rings. The molecular formula is C9H9N6+. The second kappa shape index (κ2) is 3.09. The third-order valence-electron chi connectivity index (χ3n) is 2.19. The quantitative estimate of drug-likeness (QED) is 0.525. The minimum absolute atomic E-state index is 0.904. The molecular weight excluding hydrogens is 192 g/mol. The van der Waals surface area contributed by atoms with Gasteiger partial charge in [-0.15, -0.1) is 5.10 Å². The van der Waals surface area contributed by atoms with E-state index in [-0.39, 0.29) is 0 Å². The number of aromatic nitrogens is 6. The zero-order valence-electron chi connectivity index (χ0n) is 7.81. The van der Waals surface area contributed by atoms with Crippen LogP contribution in [0.1, 0.15) is 0 Å². The molecule has 0 radical (unpaired) electrons. The number of nitrogens with zero attached hydrogens (tertiary/aromatic N) is 3. The predicted molar refractivity (Wildman–Crippen MR) is 52.1 cm³/mol. The van der Waals surface area contributed by atoms with Gasteiger partial charge in [0.25, 0.3) is 11.6 Å². The molecule has 0 saturated carbocycles. The van der Waals surface area contributed by atoms with Crippen molar-refractivity contribution >= 4 is 0 Å². The number of imidazole rings is 1. The minimum atomic E-state index is 0.904. The Balaban J connectivity index is 2.15. The molecule has 15 heavy (non-hydrogen) atoms. The van der Waals surface area contributed by atoms with Crippen LogP contribution in [0, 0.1) is 0 Å². The van der Waals surface area contributed by atoms with E-state index in [1.807, 2.05) is 29.1 Å². The van der Waals surface area contributed by atoms with E-state index in [1.54, 1.807) is 12.4 Å². The predicted octanol–water partition coefficient (Wildman–Crippen LogP) is 0.405. The number of hydrogen-bond donors (Lipinski definition) is 3. The smallest absolute Gasteiger partial charge is 0.256 e. The molecule has 0 atom stereocenters. The number of nitrogens with one attached hydrogen (secondary N) is 3. The minimum Gasteiger partial charge on any atom is -0.275 e. The first-order valence-corrected chi connectivity index (χ1v) is 4.54. The van der Waals surface area contributed by atoms with Gasteiger partial charge in [-0.1, -0.05) is 0 Å². The van der Waals surface area contributed by atoms with Gasteiger partial charge in [0.1, 0.15) is 11.9 Å². The highest BCUT2D eigenvalue weighted by Gasteiger charge is 2.14. The van der Waals surface area contributed by atoms with Crippen LogP contribution < -0.4 is 4.57 Å². The van der Waals surface area contributed by atoms with Crippen molar-refractivity contribution in [3.63, 3.8) is 0 Å². The van der Waals surface area contributed by atoms with E-state index < -0.39 is 0 Å². The fourth-order valence-electron chi connectivity index (χ4n) is 1.51. The highest BCUT2D eigenvalue weighted by atomic mass is 15.2. The largest absolute Gasteiger partial charge is 0.275 e. The molecule has 0 unspecified atom stereocenters. The highest BCUT2D eigenvalue weighted by molar-refractivity contribution is 5.44. The Morgan fingerprint density at radius 2 is 1.93 bits per heavy atom. The van der Waals surface area contributed by atoms with E-state index in [0.717, 1.165) is 17.3 Å².